The Labute approximate surface area is 94.5 Å². The average molecular weight is 214 g/mol. The smallest absolute Gasteiger partial charge is 0.440 e. The highest BCUT2D eigenvalue weighted by Crippen LogP contribution is 2.07. The standard InChI is InChI=1S/C10H24B2O3/c1-3-5-7-9-11(13)15-12(14)10-8-6-4-2/h13-14H,3-10H2,1-2H3. The van der Waals surface area contributed by atoms with E-state index in [2.05, 4.69) is 13.8 Å². The Morgan fingerprint density at radius 3 is 1.53 bits per heavy atom. The molecule has 0 atom stereocenters. The zero-order valence-electron chi connectivity index (χ0n) is 10.1. The summed E-state index contributed by atoms with van der Waals surface area (Å²) in [7, 11) is -1.60. The van der Waals surface area contributed by atoms with Gasteiger partial charge in [0.1, 0.15) is 0 Å². The van der Waals surface area contributed by atoms with Gasteiger partial charge >= 0.3 is 14.2 Å². The second-order valence-electron chi connectivity index (χ2n) is 4.04. The molecule has 0 radical (unpaired) electrons. The summed E-state index contributed by atoms with van der Waals surface area (Å²) in [5, 5.41) is 18.8. The van der Waals surface area contributed by atoms with Gasteiger partial charge in [-0.15, -0.1) is 0 Å². The fourth-order valence-corrected chi connectivity index (χ4v) is 1.46. The second kappa shape index (κ2) is 10.5. The van der Waals surface area contributed by atoms with Gasteiger partial charge in [0.05, 0.1) is 0 Å². The van der Waals surface area contributed by atoms with Crippen LogP contribution in [0.4, 0.5) is 0 Å². The lowest BCUT2D eigenvalue weighted by atomic mass is 9.74. The lowest BCUT2D eigenvalue weighted by molar-refractivity contribution is 0.350. The van der Waals surface area contributed by atoms with E-state index in [-0.39, 0.29) is 0 Å². The van der Waals surface area contributed by atoms with Crippen LogP contribution < -0.4 is 0 Å². The molecule has 0 saturated carbocycles. The van der Waals surface area contributed by atoms with Crippen molar-refractivity contribution in [3.63, 3.8) is 0 Å². The quantitative estimate of drug-likeness (QED) is 0.433. The third kappa shape index (κ3) is 10.3. The molecular formula is C10H24B2O3. The molecule has 0 aromatic carbocycles. The van der Waals surface area contributed by atoms with Gasteiger partial charge in [0.2, 0.25) is 0 Å². The molecule has 0 aliphatic heterocycles. The zero-order valence-corrected chi connectivity index (χ0v) is 10.1. The van der Waals surface area contributed by atoms with Crippen LogP contribution in [0.3, 0.4) is 0 Å². The Kier molecular flexibility index (Phi) is 10.5. The summed E-state index contributed by atoms with van der Waals surface area (Å²) in [6.45, 7) is 4.24. The van der Waals surface area contributed by atoms with Gasteiger partial charge in [-0.25, -0.2) is 0 Å². The molecule has 0 rings (SSSR count). The largest absolute Gasteiger partial charge is 0.451 e. The summed E-state index contributed by atoms with van der Waals surface area (Å²) >= 11 is 0. The third-order valence-corrected chi connectivity index (χ3v) is 2.42. The molecule has 88 valence electrons. The average Bonchev–Trinajstić information content (AvgIpc) is 2.18. The van der Waals surface area contributed by atoms with Crippen molar-refractivity contribution in [1.82, 2.24) is 0 Å². The molecular weight excluding hydrogens is 190 g/mol. The summed E-state index contributed by atoms with van der Waals surface area (Å²) in [6.07, 6.45) is 7.63. The van der Waals surface area contributed by atoms with E-state index in [1.54, 1.807) is 0 Å². The van der Waals surface area contributed by atoms with Crippen LogP contribution in [0.25, 0.3) is 0 Å². The normalized spacial score (nSPS) is 10.4. The Hall–Kier alpha value is 0.00987. The first kappa shape index (κ1) is 15.0. The Balaban J connectivity index is 3.35. The van der Waals surface area contributed by atoms with Crippen LogP contribution >= 0.6 is 0 Å². The van der Waals surface area contributed by atoms with Gasteiger partial charge in [-0.1, -0.05) is 52.4 Å². The number of unbranched alkanes of at least 4 members (excludes halogenated alkanes) is 4. The molecule has 0 saturated heterocycles. The first-order valence-electron chi connectivity index (χ1n) is 6.22. The molecule has 0 aromatic rings. The van der Waals surface area contributed by atoms with E-state index in [0.29, 0.717) is 12.6 Å². The molecule has 0 aromatic heterocycles. The lowest BCUT2D eigenvalue weighted by Gasteiger charge is -2.11. The molecule has 3 nitrogen and oxygen atoms in total. The highest BCUT2D eigenvalue weighted by atomic mass is 16.5. The van der Waals surface area contributed by atoms with Gasteiger partial charge in [-0.2, -0.15) is 0 Å². The van der Waals surface area contributed by atoms with Crippen LogP contribution in [0.5, 0.6) is 0 Å². The van der Waals surface area contributed by atoms with Crippen molar-refractivity contribution >= 4 is 14.2 Å². The van der Waals surface area contributed by atoms with Crippen LogP contribution in [0.2, 0.25) is 12.6 Å². The van der Waals surface area contributed by atoms with E-state index in [1.807, 2.05) is 0 Å². The van der Waals surface area contributed by atoms with Gasteiger partial charge in [0.25, 0.3) is 0 Å². The van der Waals surface area contributed by atoms with Gasteiger partial charge < -0.3 is 14.6 Å². The number of hydrogen-bond acceptors (Lipinski definition) is 3. The highest BCUT2D eigenvalue weighted by molar-refractivity contribution is 6.57. The van der Waals surface area contributed by atoms with Crippen molar-refractivity contribution in [2.45, 2.75) is 65.0 Å². The minimum absolute atomic E-state index is 0.624. The van der Waals surface area contributed by atoms with Gasteiger partial charge in [0, 0.05) is 0 Å². The first-order valence-corrected chi connectivity index (χ1v) is 6.22. The van der Waals surface area contributed by atoms with E-state index in [1.165, 1.54) is 0 Å². The highest BCUT2D eigenvalue weighted by Gasteiger charge is 2.20. The minimum atomic E-state index is -0.798. The van der Waals surface area contributed by atoms with Crippen LogP contribution in [-0.4, -0.2) is 24.3 Å². The van der Waals surface area contributed by atoms with E-state index in [0.717, 1.165) is 38.5 Å². The molecule has 2 N–H and O–H groups in total. The molecule has 15 heavy (non-hydrogen) atoms. The minimum Gasteiger partial charge on any atom is -0.451 e. The third-order valence-electron chi connectivity index (χ3n) is 2.42. The van der Waals surface area contributed by atoms with Crippen molar-refractivity contribution in [3.8, 4) is 0 Å². The summed E-state index contributed by atoms with van der Waals surface area (Å²) in [4.78, 5) is 0. The van der Waals surface area contributed by atoms with Crippen molar-refractivity contribution < 1.29 is 14.6 Å². The molecule has 0 spiro atoms. The maximum absolute atomic E-state index is 9.42. The summed E-state index contributed by atoms with van der Waals surface area (Å²) in [5.41, 5.74) is 0. The molecule has 0 unspecified atom stereocenters. The fourth-order valence-electron chi connectivity index (χ4n) is 1.46. The summed E-state index contributed by atoms with van der Waals surface area (Å²) < 4.78 is 5.05. The number of hydrogen-bond donors (Lipinski definition) is 2. The second-order valence-corrected chi connectivity index (χ2v) is 4.04. The fraction of sp³-hybridized carbons (Fsp3) is 1.00. The van der Waals surface area contributed by atoms with Gasteiger partial charge in [0.15, 0.2) is 0 Å². The molecule has 0 aliphatic carbocycles. The lowest BCUT2D eigenvalue weighted by Crippen LogP contribution is -2.29. The maximum atomic E-state index is 9.42. The first-order chi connectivity index (χ1) is 7.20. The van der Waals surface area contributed by atoms with Crippen LogP contribution in [0.15, 0.2) is 0 Å². The SMILES string of the molecule is CCCCCB(O)OB(O)CCCCC. The van der Waals surface area contributed by atoms with Crippen LogP contribution in [0.1, 0.15) is 52.4 Å². The summed E-state index contributed by atoms with van der Waals surface area (Å²) in [5.74, 6) is 0. The van der Waals surface area contributed by atoms with Crippen LogP contribution in [-0.2, 0) is 4.57 Å². The maximum Gasteiger partial charge on any atom is 0.440 e. The zero-order chi connectivity index (χ0) is 11.5. The molecule has 0 aliphatic rings. The predicted octanol–water partition coefficient (Wildman–Crippen LogP) is 2.34. The summed E-state index contributed by atoms with van der Waals surface area (Å²) in [6, 6.07) is 0. The Morgan fingerprint density at radius 2 is 1.20 bits per heavy atom. The molecule has 0 heterocycles. The topological polar surface area (TPSA) is 49.7 Å². The van der Waals surface area contributed by atoms with Crippen LogP contribution in [0, 0.1) is 0 Å². The molecule has 5 heteroatoms. The predicted molar refractivity (Wildman–Crippen MR) is 65.7 cm³/mol. The number of rotatable bonds is 10. The molecule has 0 bridgehead atoms. The van der Waals surface area contributed by atoms with Crippen molar-refractivity contribution in [1.29, 1.82) is 0 Å². The van der Waals surface area contributed by atoms with Crippen molar-refractivity contribution in [2.75, 3.05) is 0 Å². The van der Waals surface area contributed by atoms with E-state index < -0.39 is 14.2 Å². The Bertz CT molecular complexity index is 122. The monoisotopic (exact) mass is 214 g/mol. The molecule has 0 amide bonds. The van der Waals surface area contributed by atoms with Gasteiger partial charge in [-0.05, 0) is 12.6 Å². The Morgan fingerprint density at radius 1 is 0.800 bits per heavy atom. The van der Waals surface area contributed by atoms with Crippen molar-refractivity contribution in [2.24, 2.45) is 0 Å². The molecule has 0 fully saturated rings. The van der Waals surface area contributed by atoms with Crippen molar-refractivity contribution in [3.05, 3.63) is 0 Å². The van der Waals surface area contributed by atoms with Gasteiger partial charge in [-0.3, -0.25) is 0 Å². The van der Waals surface area contributed by atoms with E-state index in [9.17, 15) is 10.0 Å². The van der Waals surface area contributed by atoms with E-state index in [4.69, 9.17) is 4.57 Å². The van der Waals surface area contributed by atoms with E-state index >= 15 is 0 Å².